The largest absolute Gasteiger partial charge is 0.497 e. The Morgan fingerprint density at radius 3 is 2.38 bits per heavy atom. The van der Waals surface area contributed by atoms with Gasteiger partial charge in [-0.3, -0.25) is 4.79 Å². The van der Waals surface area contributed by atoms with Crippen LogP contribution in [0.5, 0.6) is 23.0 Å². The van der Waals surface area contributed by atoms with Crippen molar-refractivity contribution in [3.63, 3.8) is 0 Å². The lowest BCUT2D eigenvalue weighted by molar-refractivity contribution is -0.121. The molecule has 10 heteroatoms. The third kappa shape index (κ3) is 6.33. The van der Waals surface area contributed by atoms with Crippen LogP contribution in [0.3, 0.4) is 0 Å². The highest BCUT2D eigenvalue weighted by molar-refractivity contribution is 7.89. The van der Waals surface area contributed by atoms with Gasteiger partial charge in [0.1, 0.15) is 27.9 Å². The zero-order chi connectivity index (χ0) is 24.6. The minimum atomic E-state index is -4.02. The van der Waals surface area contributed by atoms with Crippen LogP contribution in [0.25, 0.3) is 0 Å². The van der Waals surface area contributed by atoms with E-state index in [1.807, 2.05) is 30.3 Å². The van der Waals surface area contributed by atoms with E-state index in [9.17, 15) is 13.2 Å². The summed E-state index contributed by atoms with van der Waals surface area (Å²) in [5.74, 6) is 1.19. The summed E-state index contributed by atoms with van der Waals surface area (Å²) in [5.41, 5.74) is 3.02. The Labute approximate surface area is 198 Å². The Morgan fingerprint density at radius 1 is 0.941 bits per heavy atom. The van der Waals surface area contributed by atoms with E-state index < -0.39 is 22.5 Å². The summed E-state index contributed by atoms with van der Waals surface area (Å²) in [5, 5.41) is 3.91. The van der Waals surface area contributed by atoms with Gasteiger partial charge in [-0.15, -0.1) is 0 Å². The van der Waals surface area contributed by atoms with Crippen LogP contribution < -0.4 is 19.6 Å². The molecular formula is C24H25N3O6S. The minimum absolute atomic E-state index is 0.108. The number of ether oxygens (including phenoxy) is 3. The zero-order valence-corrected chi connectivity index (χ0v) is 19.8. The van der Waals surface area contributed by atoms with Crippen LogP contribution in [-0.4, -0.2) is 52.7 Å². The molecule has 0 aliphatic heterocycles. The van der Waals surface area contributed by atoms with E-state index in [1.165, 1.54) is 39.6 Å². The third-order valence-corrected chi connectivity index (χ3v) is 6.49. The summed E-state index contributed by atoms with van der Waals surface area (Å²) >= 11 is 0. The number of para-hydroxylation sites is 1. The first-order chi connectivity index (χ1) is 16.3. The molecule has 0 fully saturated rings. The van der Waals surface area contributed by atoms with Gasteiger partial charge < -0.3 is 14.2 Å². The number of carbonyl (C=O) groups is 1. The maximum Gasteiger partial charge on any atom is 0.255 e. The number of hydrazone groups is 1. The van der Waals surface area contributed by atoms with Crippen molar-refractivity contribution in [2.45, 2.75) is 4.90 Å². The maximum absolute atomic E-state index is 13.0. The van der Waals surface area contributed by atoms with Gasteiger partial charge in [-0.1, -0.05) is 30.3 Å². The van der Waals surface area contributed by atoms with Crippen molar-refractivity contribution in [2.24, 2.45) is 5.10 Å². The first-order valence-corrected chi connectivity index (χ1v) is 11.6. The molecule has 3 rings (SSSR count). The molecule has 0 aliphatic rings. The van der Waals surface area contributed by atoms with Gasteiger partial charge in [0, 0.05) is 13.1 Å². The number of sulfonamides is 1. The Kier molecular flexibility index (Phi) is 8.23. The normalized spacial score (nSPS) is 11.4. The van der Waals surface area contributed by atoms with Crippen molar-refractivity contribution in [1.29, 1.82) is 0 Å². The van der Waals surface area contributed by atoms with Crippen LogP contribution >= 0.6 is 0 Å². The first kappa shape index (κ1) is 24.7. The molecule has 0 atom stereocenters. The molecule has 9 nitrogen and oxygen atoms in total. The van der Waals surface area contributed by atoms with E-state index in [4.69, 9.17) is 14.2 Å². The summed E-state index contributed by atoms with van der Waals surface area (Å²) in [4.78, 5) is 12.2. The van der Waals surface area contributed by atoms with Crippen LogP contribution in [0.15, 0.2) is 82.8 Å². The number of nitrogens with one attached hydrogen (secondary N) is 1. The fourth-order valence-corrected chi connectivity index (χ4v) is 4.23. The van der Waals surface area contributed by atoms with Gasteiger partial charge in [0.2, 0.25) is 10.0 Å². The molecule has 178 valence electrons. The molecule has 0 unspecified atom stereocenters. The second-order valence-corrected chi connectivity index (χ2v) is 9.07. The van der Waals surface area contributed by atoms with Crippen LogP contribution in [0.1, 0.15) is 5.56 Å². The predicted molar refractivity (Wildman–Crippen MR) is 128 cm³/mol. The molecular weight excluding hydrogens is 458 g/mol. The van der Waals surface area contributed by atoms with E-state index in [0.717, 1.165) is 4.31 Å². The van der Waals surface area contributed by atoms with Crippen LogP contribution in [0, 0.1) is 0 Å². The van der Waals surface area contributed by atoms with Gasteiger partial charge in [-0.25, -0.2) is 13.8 Å². The number of benzene rings is 3. The van der Waals surface area contributed by atoms with E-state index in [2.05, 4.69) is 10.5 Å². The van der Waals surface area contributed by atoms with E-state index >= 15 is 0 Å². The summed E-state index contributed by atoms with van der Waals surface area (Å²) < 4.78 is 42.8. The average Bonchev–Trinajstić information content (AvgIpc) is 2.84. The summed E-state index contributed by atoms with van der Waals surface area (Å²) in [6.45, 7) is -0.447. The number of rotatable bonds is 10. The number of nitrogens with zero attached hydrogens (tertiary/aromatic N) is 2. The van der Waals surface area contributed by atoms with Crippen molar-refractivity contribution in [3.05, 3.63) is 78.4 Å². The Hall–Kier alpha value is -3.89. The maximum atomic E-state index is 13.0. The number of hydrogen-bond donors (Lipinski definition) is 1. The zero-order valence-electron chi connectivity index (χ0n) is 19.0. The highest BCUT2D eigenvalue weighted by Gasteiger charge is 2.27. The molecule has 0 radical (unpaired) electrons. The quantitative estimate of drug-likeness (QED) is 0.350. The molecule has 0 spiro atoms. The monoisotopic (exact) mass is 483 g/mol. The van der Waals surface area contributed by atoms with Crippen molar-refractivity contribution >= 4 is 22.1 Å². The highest BCUT2D eigenvalue weighted by atomic mass is 32.2. The molecule has 0 bridgehead atoms. The average molecular weight is 484 g/mol. The topological polar surface area (TPSA) is 107 Å². The number of likely N-dealkylation sites (N-methyl/N-ethyl adjacent to an activating group) is 1. The highest BCUT2D eigenvalue weighted by Crippen LogP contribution is 2.30. The molecule has 1 N–H and O–H groups in total. The fraction of sp³-hybridized carbons (Fsp3) is 0.167. The number of carbonyl (C=O) groups excluding carboxylic acids is 1. The molecule has 3 aromatic carbocycles. The van der Waals surface area contributed by atoms with Gasteiger partial charge in [-0.2, -0.15) is 9.41 Å². The van der Waals surface area contributed by atoms with Gasteiger partial charge in [-0.05, 0) is 42.0 Å². The second kappa shape index (κ2) is 11.3. The summed E-state index contributed by atoms with van der Waals surface area (Å²) in [7, 11) is 0.0614. The number of hydrogen-bond acceptors (Lipinski definition) is 7. The smallest absolute Gasteiger partial charge is 0.255 e. The molecule has 0 saturated carbocycles. The molecule has 34 heavy (non-hydrogen) atoms. The molecule has 0 saturated heterocycles. The van der Waals surface area contributed by atoms with Crippen LogP contribution in [-0.2, 0) is 14.8 Å². The lowest BCUT2D eigenvalue weighted by Crippen LogP contribution is -2.36. The van der Waals surface area contributed by atoms with E-state index in [-0.39, 0.29) is 10.6 Å². The molecule has 3 aromatic rings. The lowest BCUT2D eigenvalue weighted by Gasteiger charge is -2.18. The van der Waals surface area contributed by atoms with Gasteiger partial charge in [0.15, 0.2) is 0 Å². The van der Waals surface area contributed by atoms with Gasteiger partial charge in [0.05, 0.1) is 27.0 Å². The number of amides is 1. The first-order valence-electron chi connectivity index (χ1n) is 10.2. The predicted octanol–water partition coefficient (Wildman–Crippen LogP) is 3.27. The third-order valence-electron chi connectivity index (χ3n) is 4.67. The Balaban J connectivity index is 1.62. The van der Waals surface area contributed by atoms with Crippen molar-refractivity contribution in [3.8, 4) is 23.0 Å². The van der Waals surface area contributed by atoms with Crippen molar-refractivity contribution < 1.29 is 27.4 Å². The van der Waals surface area contributed by atoms with Gasteiger partial charge >= 0.3 is 0 Å². The van der Waals surface area contributed by atoms with Crippen molar-refractivity contribution in [1.82, 2.24) is 9.73 Å². The van der Waals surface area contributed by atoms with Gasteiger partial charge in [0.25, 0.3) is 5.91 Å². The fourth-order valence-electron chi connectivity index (χ4n) is 2.94. The molecule has 1 amide bonds. The second-order valence-electron chi connectivity index (χ2n) is 7.06. The summed E-state index contributed by atoms with van der Waals surface area (Å²) in [6.07, 6.45) is 1.44. The standard InChI is InChI=1S/C24H25N3O6S/c1-27(34(29,30)23-15-20(31-2)12-13-22(23)32-3)17-24(28)26-25-16-18-8-7-11-21(14-18)33-19-9-5-4-6-10-19/h4-16H,17H2,1-3H3,(H,26,28)/b25-16-. The lowest BCUT2D eigenvalue weighted by atomic mass is 10.2. The Bertz CT molecular complexity index is 1260. The van der Waals surface area contributed by atoms with Crippen molar-refractivity contribution in [2.75, 3.05) is 27.8 Å². The minimum Gasteiger partial charge on any atom is -0.497 e. The summed E-state index contributed by atoms with van der Waals surface area (Å²) in [6, 6.07) is 20.9. The number of methoxy groups -OCH3 is 2. The Morgan fingerprint density at radius 2 is 1.68 bits per heavy atom. The molecule has 0 aromatic heterocycles. The molecule has 0 heterocycles. The van der Waals surface area contributed by atoms with Crippen LogP contribution in [0.4, 0.5) is 0 Å². The van der Waals surface area contributed by atoms with Crippen LogP contribution in [0.2, 0.25) is 0 Å². The SMILES string of the molecule is COc1ccc(OC)c(S(=O)(=O)N(C)CC(=O)N/N=C\c2cccc(Oc3ccccc3)c2)c1. The van der Waals surface area contributed by atoms with E-state index in [1.54, 1.807) is 30.3 Å². The van der Waals surface area contributed by atoms with E-state index in [0.29, 0.717) is 22.8 Å². The molecule has 0 aliphatic carbocycles.